The molecule has 0 unspecified atom stereocenters. The minimum Gasteiger partial charge on any atom is -0.480 e. The molecular weight excluding hydrogens is 412 g/mol. The lowest BCUT2D eigenvalue weighted by molar-refractivity contribution is -0.146. The van der Waals surface area contributed by atoms with Crippen LogP contribution in [-0.4, -0.2) is 64.9 Å². The van der Waals surface area contributed by atoms with Crippen molar-refractivity contribution < 1.29 is 29.3 Å². The number of rotatable bonds is 4. The molecular formula is C24H22N2O6. The third kappa shape index (κ3) is 4.29. The van der Waals surface area contributed by atoms with Crippen LogP contribution in [0, 0.1) is 11.8 Å². The van der Waals surface area contributed by atoms with E-state index in [0.29, 0.717) is 0 Å². The van der Waals surface area contributed by atoms with Gasteiger partial charge >= 0.3 is 12.1 Å². The highest BCUT2D eigenvalue weighted by Crippen LogP contribution is 2.44. The second-order valence-corrected chi connectivity index (χ2v) is 7.68. The van der Waals surface area contributed by atoms with Gasteiger partial charge in [0, 0.05) is 18.9 Å². The zero-order valence-electron chi connectivity index (χ0n) is 17.2. The van der Waals surface area contributed by atoms with Crippen LogP contribution >= 0.6 is 0 Å². The van der Waals surface area contributed by atoms with Crippen LogP contribution in [0.5, 0.6) is 0 Å². The van der Waals surface area contributed by atoms with Crippen molar-refractivity contribution >= 4 is 18.0 Å². The van der Waals surface area contributed by atoms with E-state index in [2.05, 4.69) is 29.3 Å². The van der Waals surface area contributed by atoms with Gasteiger partial charge in [-0.05, 0) is 28.2 Å². The van der Waals surface area contributed by atoms with E-state index in [0.717, 1.165) is 27.2 Å². The van der Waals surface area contributed by atoms with Crippen LogP contribution in [0.25, 0.3) is 11.1 Å². The Morgan fingerprint density at radius 3 is 2.31 bits per heavy atom. The second kappa shape index (κ2) is 9.12. The number of ether oxygens (including phenoxy) is 1. The molecule has 8 nitrogen and oxygen atoms in total. The summed E-state index contributed by atoms with van der Waals surface area (Å²) in [4.78, 5) is 36.4. The molecule has 1 fully saturated rings. The van der Waals surface area contributed by atoms with Gasteiger partial charge in [-0.25, -0.2) is 9.59 Å². The zero-order chi connectivity index (χ0) is 22.7. The summed E-state index contributed by atoms with van der Waals surface area (Å²) in [6, 6.07) is 14.9. The Balaban J connectivity index is 1.30. The Morgan fingerprint density at radius 1 is 1.06 bits per heavy atom. The first-order valence-electron chi connectivity index (χ1n) is 10.2. The predicted octanol–water partition coefficient (Wildman–Crippen LogP) is 1.57. The van der Waals surface area contributed by atoms with Gasteiger partial charge in [-0.15, -0.1) is 0 Å². The molecule has 0 bridgehead atoms. The van der Waals surface area contributed by atoms with Crippen molar-refractivity contribution in [3.05, 3.63) is 59.7 Å². The molecule has 2 aromatic carbocycles. The summed E-state index contributed by atoms with van der Waals surface area (Å²) in [6.07, 6.45) is -1.57. The maximum absolute atomic E-state index is 12.1. The van der Waals surface area contributed by atoms with E-state index in [1.807, 2.05) is 36.4 Å². The van der Waals surface area contributed by atoms with Crippen molar-refractivity contribution in [3.63, 3.8) is 0 Å². The van der Waals surface area contributed by atoms with Crippen molar-refractivity contribution in [3.8, 4) is 23.0 Å². The van der Waals surface area contributed by atoms with Gasteiger partial charge < -0.3 is 25.2 Å². The molecule has 2 amide bonds. The number of nitrogens with zero attached hydrogens (tertiary/aromatic N) is 1. The molecule has 4 rings (SSSR count). The first-order valence-corrected chi connectivity index (χ1v) is 10.2. The molecule has 164 valence electrons. The molecule has 2 aromatic rings. The average Bonchev–Trinajstić information content (AvgIpc) is 3.34. The first kappa shape index (κ1) is 21.4. The average molecular weight is 434 g/mol. The number of alkyl carbamates (subject to hydrolysis) is 1. The number of carboxylic acids is 1. The van der Waals surface area contributed by atoms with Gasteiger partial charge in [0.2, 0.25) is 0 Å². The number of β-amino-alcohol motifs (C(OH)–C–C–N with tert-alkyl or cyclic N) is 1. The third-order valence-electron chi connectivity index (χ3n) is 5.69. The summed E-state index contributed by atoms with van der Waals surface area (Å²) in [6.45, 7) is -0.0426. The summed E-state index contributed by atoms with van der Waals surface area (Å²) >= 11 is 0. The Hall–Kier alpha value is -3.83. The van der Waals surface area contributed by atoms with E-state index in [9.17, 15) is 19.5 Å². The Kier molecular flexibility index (Phi) is 6.10. The number of aliphatic hydroxyl groups excluding tert-OH is 1. The lowest BCUT2D eigenvalue weighted by Gasteiger charge is -2.17. The smallest absolute Gasteiger partial charge is 0.407 e. The van der Waals surface area contributed by atoms with Crippen LogP contribution in [0.4, 0.5) is 4.79 Å². The van der Waals surface area contributed by atoms with Crippen LogP contribution in [0.1, 0.15) is 23.5 Å². The van der Waals surface area contributed by atoms with Crippen LogP contribution in [-0.2, 0) is 14.3 Å². The fourth-order valence-corrected chi connectivity index (χ4v) is 4.23. The maximum Gasteiger partial charge on any atom is 0.407 e. The van der Waals surface area contributed by atoms with Gasteiger partial charge in [0.1, 0.15) is 12.6 Å². The Bertz CT molecular complexity index is 1070. The molecule has 1 aliphatic carbocycles. The van der Waals surface area contributed by atoms with Gasteiger partial charge in [0.25, 0.3) is 5.91 Å². The zero-order valence-corrected chi connectivity index (χ0v) is 17.2. The fraction of sp³-hybridized carbons (Fsp3) is 0.292. The molecule has 1 heterocycles. The van der Waals surface area contributed by atoms with Crippen molar-refractivity contribution in [2.24, 2.45) is 0 Å². The molecule has 0 saturated carbocycles. The highest BCUT2D eigenvalue weighted by Gasteiger charge is 2.38. The quantitative estimate of drug-likeness (QED) is 0.629. The van der Waals surface area contributed by atoms with Crippen LogP contribution < -0.4 is 5.32 Å². The lowest BCUT2D eigenvalue weighted by Crippen LogP contribution is -2.40. The predicted molar refractivity (Wildman–Crippen MR) is 115 cm³/mol. The molecule has 3 N–H and O–H groups in total. The van der Waals surface area contributed by atoms with Gasteiger partial charge in [0.05, 0.1) is 12.6 Å². The minimum absolute atomic E-state index is 0.0270. The monoisotopic (exact) mass is 434 g/mol. The number of carbonyl (C=O) groups excluding carboxylic acids is 2. The van der Waals surface area contributed by atoms with Crippen LogP contribution in [0.3, 0.4) is 0 Å². The summed E-state index contributed by atoms with van der Waals surface area (Å²) in [5.41, 5.74) is 4.47. The minimum atomic E-state index is -1.19. The molecule has 0 spiro atoms. The Labute approximate surface area is 184 Å². The summed E-state index contributed by atoms with van der Waals surface area (Å²) in [7, 11) is 0. The van der Waals surface area contributed by atoms with E-state index in [-0.39, 0.29) is 32.0 Å². The lowest BCUT2D eigenvalue weighted by atomic mass is 9.98. The number of hydrogen-bond acceptors (Lipinski definition) is 5. The normalized spacial score (nSPS) is 18.8. The van der Waals surface area contributed by atoms with Crippen molar-refractivity contribution in [2.45, 2.75) is 24.5 Å². The molecule has 2 aliphatic rings. The molecule has 2 atom stereocenters. The first-order chi connectivity index (χ1) is 15.5. The number of carboxylic acid groups (broad SMARTS) is 1. The fourth-order valence-electron chi connectivity index (χ4n) is 4.23. The van der Waals surface area contributed by atoms with Crippen molar-refractivity contribution in [2.75, 3.05) is 19.7 Å². The number of aliphatic carboxylic acids is 1. The standard InChI is InChI=1S/C24H22N2O6/c27-15-12-21(23(29)30)26(13-15)22(28)10-5-11-25-24(31)32-14-20-18-8-3-1-6-16(18)17-7-2-4-9-19(17)20/h1-4,6-9,15,20-21,27H,11-14H2,(H,25,31)(H,29,30)/t15-,21+/m1/s1. The third-order valence-corrected chi connectivity index (χ3v) is 5.69. The molecule has 0 radical (unpaired) electrons. The molecule has 1 aliphatic heterocycles. The summed E-state index contributed by atoms with van der Waals surface area (Å²) < 4.78 is 5.39. The molecule has 8 heteroatoms. The van der Waals surface area contributed by atoms with Crippen molar-refractivity contribution in [1.29, 1.82) is 0 Å². The van der Waals surface area contributed by atoms with Gasteiger partial charge in [0.15, 0.2) is 0 Å². The number of likely N-dealkylation sites (tertiary alicyclic amines) is 1. The van der Waals surface area contributed by atoms with Gasteiger partial charge in [-0.3, -0.25) is 4.79 Å². The molecule has 1 saturated heterocycles. The van der Waals surface area contributed by atoms with Crippen molar-refractivity contribution in [1.82, 2.24) is 10.2 Å². The van der Waals surface area contributed by atoms with Gasteiger partial charge in [-0.2, -0.15) is 0 Å². The topological polar surface area (TPSA) is 116 Å². The largest absolute Gasteiger partial charge is 0.480 e. The molecule has 0 aromatic heterocycles. The number of benzene rings is 2. The molecule has 32 heavy (non-hydrogen) atoms. The number of aliphatic hydroxyl groups is 1. The summed E-state index contributed by atoms with van der Waals surface area (Å²) in [5.74, 6) is 2.85. The van der Waals surface area contributed by atoms with Gasteiger partial charge in [-0.1, -0.05) is 54.5 Å². The second-order valence-electron chi connectivity index (χ2n) is 7.68. The summed E-state index contributed by atoms with van der Waals surface area (Å²) in [5, 5.41) is 21.2. The maximum atomic E-state index is 12.1. The highest BCUT2D eigenvalue weighted by atomic mass is 16.5. The van der Waals surface area contributed by atoms with Crippen LogP contribution in [0.15, 0.2) is 48.5 Å². The van der Waals surface area contributed by atoms with E-state index < -0.39 is 30.1 Å². The number of hydrogen-bond donors (Lipinski definition) is 3. The number of nitrogens with one attached hydrogen (secondary N) is 1. The van der Waals surface area contributed by atoms with Crippen LogP contribution in [0.2, 0.25) is 0 Å². The number of carbonyl (C=O) groups is 3. The van der Waals surface area contributed by atoms with E-state index in [4.69, 9.17) is 9.84 Å². The Morgan fingerprint density at radius 2 is 1.69 bits per heavy atom. The van der Waals surface area contributed by atoms with E-state index in [1.54, 1.807) is 0 Å². The number of amides is 2. The highest BCUT2D eigenvalue weighted by molar-refractivity contribution is 5.96. The SMILES string of the molecule is O=C(NCC#CC(=O)N1C[C@H](O)C[C@H]1C(=O)O)OCC1c2ccccc2-c2ccccc21. The van der Waals surface area contributed by atoms with E-state index in [1.165, 1.54) is 0 Å². The van der Waals surface area contributed by atoms with E-state index >= 15 is 0 Å². The number of fused-ring (bicyclic) bond motifs is 3.